The normalized spacial score (nSPS) is 12.6. The monoisotopic (exact) mass is 295 g/mol. The zero-order valence-electron chi connectivity index (χ0n) is 12.4. The van der Waals surface area contributed by atoms with Gasteiger partial charge in [0.05, 0.1) is 0 Å². The largest absolute Gasteiger partial charge is 0.310 e. The third kappa shape index (κ3) is 3.52. The fourth-order valence-electron chi connectivity index (χ4n) is 2.70. The van der Waals surface area contributed by atoms with E-state index in [0.29, 0.717) is 6.04 Å². The topological polar surface area (TPSA) is 12.0 Å². The minimum absolute atomic E-state index is 0.414. The highest BCUT2D eigenvalue weighted by molar-refractivity contribution is 7.07. The smallest absolute Gasteiger partial charge is 0.0369 e. The number of benzene rings is 2. The molecule has 2 heteroatoms. The first kappa shape index (κ1) is 14.3. The molecule has 1 nitrogen and oxygen atoms in total. The second-order valence-electron chi connectivity index (χ2n) is 5.45. The summed E-state index contributed by atoms with van der Waals surface area (Å²) in [5.41, 5.74) is 2.80. The Bertz CT molecular complexity index is 688. The van der Waals surface area contributed by atoms with E-state index in [2.05, 4.69) is 71.5 Å². The highest BCUT2D eigenvalue weighted by Gasteiger charge is 2.12. The number of thiophene rings is 1. The lowest BCUT2D eigenvalue weighted by Crippen LogP contribution is -2.23. The van der Waals surface area contributed by atoms with Crippen LogP contribution in [0.5, 0.6) is 0 Å². The van der Waals surface area contributed by atoms with E-state index in [4.69, 9.17) is 0 Å². The first-order valence-electron chi connectivity index (χ1n) is 7.60. The number of fused-ring (bicyclic) bond motifs is 1. The van der Waals surface area contributed by atoms with Crippen molar-refractivity contribution in [3.8, 4) is 0 Å². The van der Waals surface area contributed by atoms with Crippen LogP contribution in [0.2, 0.25) is 0 Å². The number of hydrogen-bond acceptors (Lipinski definition) is 2. The highest BCUT2D eigenvalue weighted by atomic mass is 32.1. The Morgan fingerprint density at radius 3 is 2.67 bits per heavy atom. The molecule has 0 aliphatic heterocycles. The van der Waals surface area contributed by atoms with Gasteiger partial charge >= 0.3 is 0 Å². The third-order valence-electron chi connectivity index (χ3n) is 3.84. The second kappa shape index (κ2) is 6.88. The lowest BCUT2D eigenvalue weighted by atomic mass is 9.98. The lowest BCUT2D eigenvalue weighted by Gasteiger charge is -2.18. The maximum Gasteiger partial charge on any atom is 0.0369 e. The number of hydrogen-bond donors (Lipinski definition) is 1. The van der Waals surface area contributed by atoms with Crippen LogP contribution < -0.4 is 5.32 Å². The summed E-state index contributed by atoms with van der Waals surface area (Å²) in [6, 6.07) is 18.0. The molecule has 1 atom stereocenters. The van der Waals surface area contributed by atoms with Gasteiger partial charge in [-0.3, -0.25) is 0 Å². The van der Waals surface area contributed by atoms with Gasteiger partial charge in [-0.1, -0.05) is 49.4 Å². The van der Waals surface area contributed by atoms with Crippen molar-refractivity contribution >= 4 is 22.1 Å². The van der Waals surface area contributed by atoms with Crippen LogP contribution in [0.3, 0.4) is 0 Å². The molecular formula is C19H21NS. The summed E-state index contributed by atoms with van der Waals surface area (Å²) in [5.74, 6) is 0. The standard InChI is InChI=1S/C19H21NS/c1-2-10-20-19(18-9-11-21-14-18)13-15-7-8-16-5-3-4-6-17(16)12-15/h3-9,11-12,14,19-20H,2,10,13H2,1H3. The van der Waals surface area contributed by atoms with Crippen LogP contribution in [0.1, 0.15) is 30.5 Å². The minimum atomic E-state index is 0.414. The fourth-order valence-corrected chi connectivity index (χ4v) is 3.42. The second-order valence-corrected chi connectivity index (χ2v) is 6.23. The summed E-state index contributed by atoms with van der Waals surface area (Å²) in [4.78, 5) is 0. The van der Waals surface area contributed by atoms with Crippen LogP contribution in [0.25, 0.3) is 10.8 Å². The molecule has 1 N–H and O–H groups in total. The molecule has 0 bridgehead atoms. The van der Waals surface area contributed by atoms with Gasteiger partial charge in [-0.25, -0.2) is 0 Å². The molecule has 1 heterocycles. The zero-order valence-corrected chi connectivity index (χ0v) is 13.2. The summed E-state index contributed by atoms with van der Waals surface area (Å²) < 4.78 is 0. The van der Waals surface area contributed by atoms with Gasteiger partial charge < -0.3 is 5.32 Å². The molecule has 0 amide bonds. The van der Waals surface area contributed by atoms with Gasteiger partial charge in [0.15, 0.2) is 0 Å². The third-order valence-corrected chi connectivity index (χ3v) is 4.54. The molecular weight excluding hydrogens is 274 g/mol. The van der Waals surface area contributed by atoms with Crippen molar-refractivity contribution in [3.05, 3.63) is 70.4 Å². The average molecular weight is 295 g/mol. The predicted molar refractivity (Wildman–Crippen MR) is 93.0 cm³/mol. The van der Waals surface area contributed by atoms with Crippen LogP contribution in [0.15, 0.2) is 59.3 Å². The molecule has 0 spiro atoms. The fraction of sp³-hybridized carbons (Fsp3) is 0.263. The first-order chi connectivity index (χ1) is 10.4. The molecule has 0 saturated heterocycles. The Kier molecular flexibility index (Phi) is 4.69. The Labute approximate surface area is 130 Å². The molecule has 2 aromatic carbocycles. The lowest BCUT2D eigenvalue weighted by molar-refractivity contribution is 0.531. The summed E-state index contributed by atoms with van der Waals surface area (Å²) in [6.07, 6.45) is 2.21. The highest BCUT2D eigenvalue weighted by Crippen LogP contribution is 2.23. The van der Waals surface area contributed by atoms with Crippen LogP contribution in [-0.4, -0.2) is 6.54 Å². The van der Waals surface area contributed by atoms with Crippen LogP contribution in [0.4, 0.5) is 0 Å². The van der Waals surface area contributed by atoms with Crippen molar-refractivity contribution in [3.63, 3.8) is 0 Å². The van der Waals surface area contributed by atoms with Crippen LogP contribution in [0, 0.1) is 0 Å². The van der Waals surface area contributed by atoms with Gasteiger partial charge in [0.2, 0.25) is 0 Å². The maximum absolute atomic E-state index is 3.68. The molecule has 3 rings (SSSR count). The quantitative estimate of drug-likeness (QED) is 0.660. The van der Waals surface area contributed by atoms with Crippen LogP contribution in [-0.2, 0) is 6.42 Å². The molecule has 0 aliphatic carbocycles. The molecule has 21 heavy (non-hydrogen) atoms. The summed E-state index contributed by atoms with van der Waals surface area (Å²) in [5, 5.41) is 10.7. The SMILES string of the molecule is CCCNC(Cc1ccc2ccccc2c1)c1ccsc1. The number of nitrogens with one attached hydrogen (secondary N) is 1. The Morgan fingerprint density at radius 1 is 1.05 bits per heavy atom. The van der Waals surface area contributed by atoms with Crippen molar-refractivity contribution < 1.29 is 0 Å². The maximum atomic E-state index is 3.68. The van der Waals surface area contributed by atoms with Crippen molar-refractivity contribution in [2.45, 2.75) is 25.8 Å². The minimum Gasteiger partial charge on any atom is -0.310 e. The van der Waals surface area contributed by atoms with E-state index in [0.717, 1.165) is 13.0 Å². The van der Waals surface area contributed by atoms with Gasteiger partial charge in [0.25, 0.3) is 0 Å². The van der Waals surface area contributed by atoms with Gasteiger partial charge in [-0.05, 0) is 58.1 Å². The summed E-state index contributed by atoms with van der Waals surface area (Å²) >= 11 is 1.77. The molecule has 3 aromatic rings. The van der Waals surface area contributed by atoms with Crippen molar-refractivity contribution in [2.24, 2.45) is 0 Å². The average Bonchev–Trinajstić information content (AvgIpc) is 3.05. The summed E-state index contributed by atoms with van der Waals surface area (Å²) in [7, 11) is 0. The van der Waals surface area contributed by atoms with Gasteiger partial charge in [0, 0.05) is 6.04 Å². The first-order valence-corrected chi connectivity index (χ1v) is 8.54. The zero-order chi connectivity index (χ0) is 14.5. The van der Waals surface area contributed by atoms with E-state index in [1.54, 1.807) is 11.3 Å². The number of rotatable bonds is 6. The molecule has 1 unspecified atom stereocenters. The van der Waals surface area contributed by atoms with Crippen molar-refractivity contribution in [1.29, 1.82) is 0 Å². The van der Waals surface area contributed by atoms with Crippen LogP contribution >= 0.6 is 11.3 Å². The van der Waals surface area contributed by atoms with E-state index in [1.807, 2.05) is 0 Å². The Balaban J connectivity index is 1.83. The molecule has 0 aliphatic rings. The van der Waals surface area contributed by atoms with E-state index >= 15 is 0 Å². The van der Waals surface area contributed by atoms with E-state index in [1.165, 1.54) is 28.3 Å². The molecule has 108 valence electrons. The van der Waals surface area contributed by atoms with E-state index in [9.17, 15) is 0 Å². The van der Waals surface area contributed by atoms with Crippen molar-refractivity contribution in [1.82, 2.24) is 5.32 Å². The molecule has 0 saturated carbocycles. The van der Waals surface area contributed by atoms with E-state index < -0.39 is 0 Å². The molecule has 0 fully saturated rings. The van der Waals surface area contributed by atoms with Gasteiger partial charge in [-0.2, -0.15) is 11.3 Å². The van der Waals surface area contributed by atoms with Crippen molar-refractivity contribution in [2.75, 3.05) is 6.54 Å². The Hall–Kier alpha value is -1.64. The molecule has 0 radical (unpaired) electrons. The predicted octanol–water partition coefficient (Wildman–Crippen LogP) is 5.18. The van der Waals surface area contributed by atoms with E-state index in [-0.39, 0.29) is 0 Å². The Morgan fingerprint density at radius 2 is 1.90 bits per heavy atom. The van der Waals surface area contributed by atoms with Gasteiger partial charge in [-0.15, -0.1) is 0 Å². The van der Waals surface area contributed by atoms with Gasteiger partial charge in [0.1, 0.15) is 0 Å². The summed E-state index contributed by atoms with van der Waals surface area (Å²) in [6.45, 7) is 3.28. The molecule has 1 aromatic heterocycles.